The summed E-state index contributed by atoms with van der Waals surface area (Å²) in [5, 5.41) is -1.06. The fraction of sp³-hybridized carbons (Fsp3) is 0. The van der Waals surface area contributed by atoms with Crippen molar-refractivity contribution in [2.24, 2.45) is 0 Å². The smallest absolute Gasteiger partial charge is 0.165 e. The maximum Gasteiger partial charge on any atom is 0.165 e. The summed E-state index contributed by atoms with van der Waals surface area (Å²) in [6, 6.07) is -17.5. The van der Waals surface area contributed by atoms with Gasteiger partial charge in [-0.3, -0.25) is 0 Å². The molecule has 0 saturated carbocycles. The molecule has 0 amide bonds. The monoisotopic (exact) mass is 604 g/mol. The Kier molecular flexibility index (Phi) is 2.52. The van der Waals surface area contributed by atoms with Crippen LogP contribution in [0.15, 0.2) is 143 Å². The molecule has 0 atom stereocenters. The molecule has 0 N–H and O–H groups in total. The largest absolute Gasteiger partial charge is 0.456 e. The number of hydrogen-bond donors (Lipinski definition) is 0. The van der Waals surface area contributed by atoms with Crippen LogP contribution in [0.25, 0.3) is 87.4 Å². The van der Waals surface area contributed by atoms with E-state index in [4.69, 9.17) is 31.8 Å². The summed E-state index contributed by atoms with van der Waals surface area (Å²) < 4.78 is 205. The second-order valence-corrected chi connectivity index (χ2v) is 10.1. The predicted molar refractivity (Wildman–Crippen MR) is 182 cm³/mol. The molecule has 0 bridgehead atoms. The van der Waals surface area contributed by atoms with Gasteiger partial charge >= 0.3 is 0 Å². The molecule has 6 aromatic carbocycles. The molecule has 0 aliphatic carbocycles. The molecule has 4 nitrogen and oxygen atoms in total. The number of fused-ring (bicyclic) bond motifs is 6. The first-order valence-corrected chi connectivity index (χ1v) is 13.5. The lowest BCUT2D eigenvalue weighted by atomic mass is 10.0. The van der Waals surface area contributed by atoms with E-state index in [9.17, 15) is 4.11 Å². The van der Waals surface area contributed by atoms with Gasteiger partial charge in [-0.05, 0) is 47.4 Å². The lowest BCUT2D eigenvalue weighted by Crippen LogP contribution is -2.00. The summed E-state index contributed by atoms with van der Waals surface area (Å²) in [5.41, 5.74) is -4.21. The molecule has 0 saturated heterocycles. The number of aromatic nitrogens is 3. The summed E-state index contributed by atoms with van der Waals surface area (Å²) >= 11 is 0.681. The van der Waals surface area contributed by atoms with Gasteiger partial charge < -0.3 is 4.42 Å². The molecule has 5 heteroatoms. The van der Waals surface area contributed by atoms with E-state index in [1.165, 1.54) is 0 Å². The lowest BCUT2D eigenvalue weighted by Gasteiger charge is -2.10. The van der Waals surface area contributed by atoms with Crippen LogP contribution in [0.5, 0.6) is 0 Å². The van der Waals surface area contributed by atoms with Crippen molar-refractivity contribution in [3.05, 3.63) is 139 Å². The number of benzene rings is 6. The Morgan fingerprint density at radius 1 is 0.455 bits per heavy atom. The molecule has 0 aliphatic rings. The van der Waals surface area contributed by atoms with Gasteiger partial charge in [0.2, 0.25) is 0 Å². The Morgan fingerprint density at radius 2 is 1.09 bits per heavy atom. The highest BCUT2D eigenvalue weighted by molar-refractivity contribution is 7.26. The highest BCUT2D eigenvalue weighted by atomic mass is 32.1. The number of thiophene rings is 1. The van der Waals surface area contributed by atoms with E-state index in [2.05, 4.69) is 15.0 Å². The zero-order valence-corrected chi connectivity index (χ0v) is 22.5. The predicted octanol–water partition coefficient (Wildman–Crippen LogP) is 10.8. The summed E-state index contributed by atoms with van der Waals surface area (Å²) in [6.07, 6.45) is 0. The van der Waals surface area contributed by atoms with Crippen molar-refractivity contribution in [1.29, 1.82) is 0 Å². The molecule has 9 rings (SSSR count). The third-order valence-corrected chi connectivity index (χ3v) is 7.63. The number of nitrogens with zero attached hydrogens (tertiary/aromatic N) is 3. The molecule has 0 aliphatic heterocycles. The Morgan fingerprint density at radius 3 is 1.98 bits per heavy atom. The summed E-state index contributed by atoms with van der Waals surface area (Å²) in [4.78, 5) is 13.3. The van der Waals surface area contributed by atoms with E-state index in [0.717, 1.165) is 0 Å². The molecule has 0 fully saturated rings. The third-order valence-electron chi connectivity index (χ3n) is 6.50. The average Bonchev–Trinajstić information content (AvgIpc) is 3.90. The molecule has 0 unspecified atom stereocenters. The van der Waals surface area contributed by atoms with Crippen molar-refractivity contribution >= 4 is 53.4 Å². The van der Waals surface area contributed by atoms with Gasteiger partial charge in [0.25, 0.3) is 0 Å². The topological polar surface area (TPSA) is 51.8 Å². The van der Waals surface area contributed by atoms with Gasteiger partial charge in [-0.25, -0.2) is 15.0 Å². The Bertz CT molecular complexity index is 3780. The van der Waals surface area contributed by atoms with E-state index in [1.807, 2.05) is 0 Å². The number of rotatable bonds is 4. The quantitative estimate of drug-likeness (QED) is 0.200. The second kappa shape index (κ2) is 9.97. The van der Waals surface area contributed by atoms with Crippen LogP contribution in [0.3, 0.4) is 0 Å². The fourth-order valence-corrected chi connectivity index (χ4v) is 5.62. The van der Waals surface area contributed by atoms with Gasteiger partial charge in [0.05, 0.1) is 31.5 Å². The first kappa shape index (κ1) is 11.1. The molecule has 0 radical (unpaired) electrons. The van der Waals surface area contributed by atoms with Crippen LogP contribution in [-0.4, -0.2) is 15.0 Å². The maximum absolute atomic E-state index is 9.39. The zero-order chi connectivity index (χ0) is 49.1. The van der Waals surface area contributed by atoms with Crippen LogP contribution in [0.4, 0.5) is 0 Å². The highest BCUT2D eigenvalue weighted by Crippen LogP contribution is 2.40. The Hall–Kier alpha value is -5.65. The molecule has 206 valence electrons. The minimum absolute atomic E-state index is 0.0874. The van der Waals surface area contributed by atoms with E-state index < -0.39 is 195 Å². The molecular weight excluding hydrogens is 559 g/mol. The number of para-hydroxylation sites is 1. The van der Waals surface area contributed by atoms with Gasteiger partial charge in [0.15, 0.2) is 17.5 Å². The molecular formula is C39H23N3OS. The SMILES string of the molecule is [2H]c1c([2H])c([2H])c(-c2c([2H])c([2H])c([2H])c(-c3nc(-c4c([2H])c([2H])c5c(oc6c([2H])c([2H])c([2H])c([2H])c65)c4[2H])nc(-c4c([2H])c([2H])c([2H])c5c4sc4c([2H])c([2H])c([2H])c([2H])c45)n3)c2[2H])c([2H])c1[2H]. The molecule has 3 heterocycles. The first-order chi connectivity index (χ1) is 31.4. The third kappa shape index (κ3) is 4.09. The Labute approximate surface area is 289 Å². The van der Waals surface area contributed by atoms with E-state index in [1.54, 1.807) is 0 Å². The van der Waals surface area contributed by atoms with Crippen LogP contribution in [0.1, 0.15) is 31.5 Å². The van der Waals surface area contributed by atoms with Gasteiger partial charge in [0.1, 0.15) is 11.2 Å². The van der Waals surface area contributed by atoms with Crippen molar-refractivity contribution in [3.63, 3.8) is 0 Å². The number of hydrogen-bond acceptors (Lipinski definition) is 5. The van der Waals surface area contributed by atoms with Gasteiger partial charge in [-0.1, -0.05) is 103 Å². The zero-order valence-electron chi connectivity index (χ0n) is 44.7. The number of furan rings is 1. The molecule has 0 spiro atoms. The van der Waals surface area contributed by atoms with Gasteiger partial charge in [0, 0.05) is 47.6 Å². The highest BCUT2D eigenvalue weighted by Gasteiger charge is 2.18. The average molecular weight is 605 g/mol. The molecule has 3 aromatic heterocycles. The minimum Gasteiger partial charge on any atom is -0.456 e. The van der Waals surface area contributed by atoms with Crippen LogP contribution in [-0.2, 0) is 0 Å². The van der Waals surface area contributed by atoms with Gasteiger partial charge in [-0.2, -0.15) is 0 Å². The van der Waals surface area contributed by atoms with Crippen molar-refractivity contribution in [3.8, 4) is 45.3 Å². The van der Waals surface area contributed by atoms with Crippen molar-refractivity contribution in [2.45, 2.75) is 0 Å². The van der Waals surface area contributed by atoms with Crippen LogP contribution < -0.4 is 0 Å². The summed E-state index contributed by atoms with van der Waals surface area (Å²) in [5.74, 6) is -2.19. The van der Waals surface area contributed by atoms with E-state index in [0.29, 0.717) is 11.3 Å². The van der Waals surface area contributed by atoms with E-state index in [-0.39, 0.29) is 30.9 Å². The molecule has 44 heavy (non-hydrogen) atoms. The van der Waals surface area contributed by atoms with Crippen molar-refractivity contribution < 1.29 is 35.9 Å². The normalized spacial score (nSPS) is 19.0. The lowest BCUT2D eigenvalue weighted by molar-refractivity contribution is 0.669. The minimum atomic E-state index is -0.945. The van der Waals surface area contributed by atoms with Crippen molar-refractivity contribution in [2.75, 3.05) is 0 Å². The second-order valence-electron chi connectivity index (χ2n) is 9.08. The maximum atomic E-state index is 9.39. The summed E-state index contributed by atoms with van der Waals surface area (Å²) in [7, 11) is 0. The Balaban J connectivity index is 1.47. The summed E-state index contributed by atoms with van der Waals surface area (Å²) in [6.45, 7) is 0. The molecule has 9 aromatic rings. The van der Waals surface area contributed by atoms with Crippen LogP contribution in [0.2, 0.25) is 0 Å². The standard InChI is InChI=1S/C39H23N3OS/c1-2-10-24(11-3-1)25-12-8-13-26(22-25)37-40-38(27-20-21-29-28-14-4-6-18-33(28)43-34(29)23-27)42-39(41-37)32-17-9-16-31-30-15-5-7-19-35(30)44-36(31)32/h1-23H/i1D,2D,3D,4D,5D,6D,7D,8D,9D,10D,11D,12D,13D,14D,15D,16D,17D,18D,19D,20D,21D,22D,23D. The van der Waals surface area contributed by atoms with E-state index >= 15 is 0 Å². The van der Waals surface area contributed by atoms with Crippen LogP contribution >= 0.6 is 11.3 Å². The first-order valence-electron chi connectivity index (χ1n) is 24.2. The fourth-order valence-electron chi connectivity index (χ4n) is 4.56. The van der Waals surface area contributed by atoms with Gasteiger partial charge in [-0.15, -0.1) is 11.3 Å². The van der Waals surface area contributed by atoms with Crippen LogP contribution in [0, 0.1) is 0 Å². The van der Waals surface area contributed by atoms with Crippen molar-refractivity contribution in [1.82, 2.24) is 15.0 Å².